The first-order valence-corrected chi connectivity index (χ1v) is 9.90. The summed E-state index contributed by atoms with van der Waals surface area (Å²) in [5.41, 5.74) is 0.662. The minimum atomic E-state index is -2.81. The van der Waals surface area contributed by atoms with Crippen LogP contribution in [0.4, 0.5) is 13.2 Å². The van der Waals surface area contributed by atoms with Crippen molar-refractivity contribution in [2.75, 3.05) is 0 Å². The maximum absolute atomic E-state index is 12.7. The van der Waals surface area contributed by atoms with Gasteiger partial charge in [-0.3, -0.25) is 4.79 Å². The van der Waals surface area contributed by atoms with Gasteiger partial charge in [-0.15, -0.1) is 0 Å². The molecular formula is C23H26F3NO4. The average molecular weight is 437 g/mol. The Morgan fingerprint density at radius 3 is 2.13 bits per heavy atom. The van der Waals surface area contributed by atoms with E-state index in [0.717, 1.165) is 30.5 Å². The molecule has 2 aromatic rings. The Labute approximate surface area is 178 Å². The van der Waals surface area contributed by atoms with Crippen LogP contribution in [0.25, 0.3) is 0 Å². The summed E-state index contributed by atoms with van der Waals surface area (Å²) >= 11 is 0. The Balaban J connectivity index is 0.000000245. The Bertz CT molecular complexity index is 910. The lowest BCUT2D eigenvalue weighted by molar-refractivity contribution is -0.122. The third-order valence-electron chi connectivity index (χ3n) is 4.89. The van der Waals surface area contributed by atoms with Crippen molar-refractivity contribution in [2.24, 2.45) is 5.92 Å². The highest BCUT2D eigenvalue weighted by Crippen LogP contribution is 2.45. The maximum Gasteiger partial charge on any atom is 0.335 e. The van der Waals surface area contributed by atoms with E-state index >= 15 is 0 Å². The molecule has 1 fully saturated rings. The zero-order chi connectivity index (χ0) is 23.2. The number of aromatic carboxylic acids is 1. The van der Waals surface area contributed by atoms with Gasteiger partial charge in [-0.05, 0) is 48.1 Å². The number of hydrogen-bond acceptors (Lipinski definition) is 3. The number of aliphatic hydroxyl groups excluding tert-OH is 1. The van der Waals surface area contributed by atoms with E-state index in [-0.39, 0.29) is 29.2 Å². The number of nitrogens with one attached hydrogen (secondary N) is 1. The Kier molecular flexibility index (Phi) is 8.21. The van der Waals surface area contributed by atoms with Crippen LogP contribution in [0.1, 0.15) is 66.6 Å². The van der Waals surface area contributed by atoms with Gasteiger partial charge in [0.2, 0.25) is 5.91 Å². The van der Waals surface area contributed by atoms with E-state index in [4.69, 9.17) is 10.2 Å². The van der Waals surface area contributed by atoms with Crippen LogP contribution in [0, 0.1) is 11.7 Å². The number of carbonyl (C=O) groups is 2. The largest absolute Gasteiger partial charge is 0.478 e. The van der Waals surface area contributed by atoms with Crippen LogP contribution in [-0.4, -0.2) is 22.1 Å². The number of rotatable bonds is 7. The maximum atomic E-state index is 12.7. The van der Waals surface area contributed by atoms with E-state index in [1.807, 2.05) is 13.8 Å². The molecule has 0 bridgehead atoms. The van der Waals surface area contributed by atoms with Crippen molar-refractivity contribution in [1.82, 2.24) is 5.32 Å². The van der Waals surface area contributed by atoms with Gasteiger partial charge in [0.25, 0.3) is 6.43 Å². The van der Waals surface area contributed by atoms with Gasteiger partial charge in [-0.25, -0.2) is 18.0 Å². The van der Waals surface area contributed by atoms with Crippen LogP contribution in [0.2, 0.25) is 0 Å². The lowest BCUT2D eigenvalue weighted by Gasteiger charge is -2.19. The van der Waals surface area contributed by atoms with Crippen LogP contribution in [-0.2, 0) is 16.9 Å². The molecule has 0 spiro atoms. The first-order valence-electron chi connectivity index (χ1n) is 9.90. The van der Waals surface area contributed by atoms with Crippen molar-refractivity contribution in [2.45, 2.75) is 51.7 Å². The Hall–Kier alpha value is -2.87. The molecule has 2 aromatic carbocycles. The molecule has 0 radical (unpaired) electrons. The normalized spacial score (nSPS) is 14.1. The number of alkyl halides is 2. The van der Waals surface area contributed by atoms with Crippen LogP contribution in [0.3, 0.4) is 0 Å². The predicted molar refractivity (Wildman–Crippen MR) is 109 cm³/mol. The molecule has 168 valence electrons. The number of carbonyl (C=O) groups excluding carboxylic acids is 1. The fourth-order valence-electron chi connectivity index (χ4n) is 3.08. The molecule has 3 N–H and O–H groups in total. The van der Waals surface area contributed by atoms with Crippen LogP contribution in [0.5, 0.6) is 0 Å². The Morgan fingerprint density at radius 1 is 1.10 bits per heavy atom. The highest BCUT2D eigenvalue weighted by atomic mass is 19.3. The fraction of sp³-hybridized carbons (Fsp3) is 0.391. The summed E-state index contributed by atoms with van der Waals surface area (Å²) < 4.78 is 36.6. The van der Waals surface area contributed by atoms with Gasteiger partial charge in [0, 0.05) is 6.42 Å². The lowest BCUT2D eigenvalue weighted by Crippen LogP contribution is -2.35. The van der Waals surface area contributed by atoms with Gasteiger partial charge in [-0.2, -0.15) is 0 Å². The van der Waals surface area contributed by atoms with Crippen molar-refractivity contribution in [3.05, 3.63) is 70.5 Å². The molecule has 8 heteroatoms. The molecule has 1 aliphatic rings. The second-order valence-corrected chi connectivity index (χ2v) is 7.93. The topological polar surface area (TPSA) is 86.6 Å². The Morgan fingerprint density at radius 2 is 1.71 bits per heavy atom. The van der Waals surface area contributed by atoms with E-state index in [2.05, 4.69) is 5.32 Å². The molecule has 0 saturated heterocycles. The summed E-state index contributed by atoms with van der Waals surface area (Å²) in [6, 6.07) is 9.93. The summed E-state index contributed by atoms with van der Waals surface area (Å²) in [7, 11) is 0. The van der Waals surface area contributed by atoms with Crippen LogP contribution in [0.15, 0.2) is 42.5 Å². The van der Waals surface area contributed by atoms with Gasteiger partial charge in [0.15, 0.2) is 0 Å². The molecule has 1 saturated carbocycles. The highest BCUT2D eigenvalue weighted by Gasteiger charge is 2.45. The first kappa shape index (κ1) is 24.4. The zero-order valence-electron chi connectivity index (χ0n) is 17.4. The molecule has 0 atom stereocenters. The van der Waals surface area contributed by atoms with E-state index in [0.29, 0.717) is 12.3 Å². The van der Waals surface area contributed by atoms with Gasteiger partial charge in [0.05, 0.1) is 23.3 Å². The molecule has 5 nitrogen and oxygen atoms in total. The molecule has 1 aliphatic carbocycles. The number of carboxylic acids is 1. The summed E-state index contributed by atoms with van der Waals surface area (Å²) in [4.78, 5) is 22.7. The van der Waals surface area contributed by atoms with Crippen molar-refractivity contribution in [3.8, 4) is 0 Å². The van der Waals surface area contributed by atoms with Crippen molar-refractivity contribution < 1.29 is 33.0 Å². The number of amides is 1. The standard InChI is InChI=1S/C15H19NO3.C8H7F3O/c1-10(2)9-13(17)16-15(7-8-15)12-5-3-11(4-6-12)14(18)19;9-7-3-5(4-12)1-2-6(7)8(10)11/h3-6,10H,7-9H2,1-2H3,(H,16,17)(H,18,19);1-3,8,12H,4H2. The molecule has 1 amide bonds. The second kappa shape index (κ2) is 10.4. The first-order chi connectivity index (χ1) is 14.6. The highest BCUT2D eigenvalue weighted by molar-refractivity contribution is 5.87. The van der Waals surface area contributed by atoms with Crippen molar-refractivity contribution in [1.29, 1.82) is 0 Å². The smallest absolute Gasteiger partial charge is 0.335 e. The second-order valence-electron chi connectivity index (χ2n) is 7.93. The monoisotopic (exact) mass is 437 g/mol. The summed E-state index contributed by atoms with van der Waals surface area (Å²) in [6.45, 7) is 3.68. The van der Waals surface area contributed by atoms with Crippen molar-refractivity contribution in [3.63, 3.8) is 0 Å². The minimum absolute atomic E-state index is 0.0646. The molecular weight excluding hydrogens is 411 g/mol. The summed E-state index contributed by atoms with van der Waals surface area (Å²) in [6.07, 6.45) is -0.445. The fourth-order valence-corrected chi connectivity index (χ4v) is 3.08. The zero-order valence-corrected chi connectivity index (χ0v) is 17.4. The van der Waals surface area contributed by atoms with Crippen molar-refractivity contribution >= 4 is 11.9 Å². The molecule has 0 aromatic heterocycles. The van der Waals surface area contributed by atoms with E-state index in [1.165, 1.54) is 6.07 Å². The number of carboxylic acid groups (broad SMARTS) is 1. The SMILES string of the molecule is CC(C)CC(=O)NC1(c2ccc(C(=O)O)cc2)CC1.OCc1ccc(C(F)F)c(F)c1. The predicted octanol–water partition coefficient (Wildman–Crippen LogP) is 4.79. The number of halogens is 3. The van der Waals surface area contributed by atoms with Gasteiger partial charge < -0.3 is 15.5 Å². The molecule has 31 heavy (non-hydrogen) atoms. The number of benzene rings is 2. The van der Waals surface area contributed by atoms with E-state index in [1.54, 1.807) is 24.3 Å². The van der Waals surface area contributed by atoms with E-state index in [9.17, 15) is 22.8 Å². The van der Waals surface area contributed by atoms with E-state index < -0.39 is 23.8 Å². The molecule has 0 unspecified atom stereocenters. The molecule has 0 heterocycles. The summed E-state index contributed by atoms with van der Waals surface area (Å²) in [5, 5.41) is 20.5. The third kappa shape index (κ3) is 6.82. The number of aliphatic hydroxyl groups is 1. The molecule has 0 aliphatic heterocycles. The van der Waals surface area contributed by atoms with Gasteiger partial charge in [-0.1, -0.05) is 38.1 Å². The average Bonchev–Trinajstić information content (AvgIpc) is 3.48. The minimum Gasteiger partial charge on any atom is -0.478 e. The van der Waals surface area contributed by atoms with Gasteiger partial charge in [0.1, 0.15) is 5.82 Å². The molecule has 3 rings (SSSR count). The van der Waals surface area contributed by atoms with Crippen LogP contribution < -0.4 is 5.32 Å². The van der Waals surface area contributed by atoms with Crippen LogP contribution >= 0.6 is 0 Å². The lowest BCUT2D eigenvalue weighted by atomic mass is 10.0. The quantitative estimate of drug-likeness (QED) is 0.581. The third-order valence-corrected chi connectivity index (χ3v) is 4.89. The van der Waals surface area contributed by atoms with Gasteiger partial charge >= 0.3 is 5.97 Å². The number of hydrogen-bond donors (Lipinski definition) is 3. The summed E-state index contributed by atoms with van der Waals surface area (Å²) in [5.74, 6) is -1.50.